The van der Waals surface area contributed by atoms with E-state index in [-0.39, 0.29) is 11.8 Å². The molecule has 0 aliphatic heterocycles. The third kappa shape index (κ3) is 6.23. The lowest BCUT2D eigenvalue weighted by atomic mass is 10.1. The van der Waals surface area contributed by atoms with Crippen molar-refractivity contribution < 1.29 is 9.59 Å². The highest BCUT2D eigenvalue weighted by atomic mass is 32.2. The van der Waals surface area contributed by atoms with Crippen LogP contribution < -0.4 is 5.32 Å². The highest BCUT2D eigenvalue weighted by Gasteiger charge is 2.25. The molecular weight excluding hydrogens is 344 g/mol. The van der Waals surface area contributed by atoms with E-state index in [1.165, 1.54) is 0 Å². The van der Waals surface area contributed by atoms with Gasteiger partial charge in [-0.15, -0.1) is 11.8 Å². The second-order valence-electron chi connectivity index (χ2n) is 5.99. The Morgan fingerprint density at radius 2 is 1.65 bits per heavy atom. The molecule has 4 nitrogen and oxygen atoms in total. The number of nitrogens with zero attached hydrogens (tertiary/aromatic N) is 1. The van der Waals surface area contributed by atoms with Crippen LogP contribution >= 0.6 is 11.8 Å². The number of nitrogens with one attached hydrogen (secondary N) is 1. The predicted octanol–water partition coefficient (Wildman–Crippen LogP) is 3.72. The summed E-state index contributed by atoms with van der Waals surface area (Å²) in [4.78, 5) is 27.9. The summed E-state index contributed by atoms with van der Waals surface area (Å²) >= 11 is 1.65. The van der Waals surface area contributed by atoms with Crippen LogP contribution in [0.15, 0.2) is 65.6 Å². The highest BCUT2D eigenvalue weighted by Crippen LogP contribution is 2.19. The van der Waals surface area contributed by atoms with Crippen LogP contribution in [0.5, 0.6) is 0 Å². The number of hydrogen-bond donors (Lipinski definition) is 1. The average molecular weight is 371 g/mol. The molecule has 5 heteroatoms. The maximum absolute atomic E-state index is 12.8. The SMILES string of the molecule is CCNC(=O)[C@H](C)N(Cc1ccccc1)C(=O)CCSc1ccccc1. The van der Waals surface area contributed by atoms with Crippen molar-refractivity contribution in [3.8, 4) is 0 Å². The molecule has 2 aromatic carbocycles. The quantitative estimate of drug-likeness (QED) is 0.685. The number of thioether (sulfide) groups is 1. The fraction of sp³-hybridized carbons (Fsp3) is 0.333. The summed E-state index contributed by atoms with van der Waals surface area (Å²) in [5.74, 6) is 0.569. The monoisotopic (exact) mass is 370 g/mol. The summed E-state index contributed by atoms with van der Waals surface area (Å²) in [5, 5.41) is 2.81. The lowest BCUT2D eigenvalue weighted by molar-refractivity contribution is -0.140. The van der Waals surface area contributed by atoms with Gasteiger partial charge in [-0.25, -0.2) is 0 Å². The Morgan fingerprint density at radius 1 is 1.04 bits per heavy atom. The van der Waals surface area contributed by atoms with Gasteiger partial charge >= 0.3 is 0 Å². The number of amides is 2. The minimum Gasteiger partial charge on any atom is -0.355 e. The first-order chi connectivity index (χ1) is 12.6. The van der Waals surface area contributed by atoms with Gasteiger partial charge in [0.15, 0.2) is 0 Å². The molecule has 0 heterocycles. The second-order valence-corrected chi connectivity index (χ2v) is 7.16. The Bertz CT molecular complexity index is 692. The van der Waals surface area contributed by atoms with Crippen molar-refractivity contribution in [3.63, 3.8) is 0 Å². The zero-order chi connectivity index (χ0) is 18.8. The number of rotatable bonds is 9. The van der Waals surface area contributed by atoms with Gasteiger partial charge in [-0.2, -0.15) is 0 Å². The van der Waals surface area contributed by atoms with E-state index in [1.807, 2.05) is 67.6 Å². The van der Waals surface area contributed by atoms with Crippen molar-refractivity contribution in [2.75, 3.05) is 12.3 Å². The molecule has 2 rings (SSSR count). The van der Waals surface area contributed by atoms with Gasteiger partial charge < -0.3 is 10.2 Å². The van der Waals surface area contributed by atoms with Gasteiger partial charge in [-0.1, -0.05) is 48.5 Å². The van der Waals surface area contributed by atoms with Crippen molar-refractivity contribution >= 4 is 23.6 Å². The Hall–Kier alpha value is -2.27. The number of likely N-dealkylation sites (N-methyl/N-ethyl adjacent to an activating group) is 1. The Balaban J connectivity index is 2.01. The molecule has 0 bridgehead atoms. The lowest BCUT2D eigenvalue weighted by Crippen LogP contribution is -2.47. The first-order valence-corrected chi connectivity index (χ1v) is 9.89. The summed E-state index contributed by atoms with van der Waals surface area (Å²) in [6.07, 6.45) is 0.399. The third-order valence-electron chi connectivity index (χ3n) is 4.04. The normalized spacial score (nSPS) is 11.6. The zero-order valence-electron chi connectivity index (χ0n) is 15.4. The molecule has 138 valence electrons. The fourth-order valence-corrected chi connectivity index (χ4v) is 3.46. The summed E-state index contributed by atoms with van der Waals surface area (Å²) < 4.78 is 0. The largest absolute Gasteiger partial charge is 0.355 e. The van der Waals surface area contributed by atoms with Crippen LogP contribution in [0.4, 0.5) is 0 Å². The molecule has 0 saturated heterocycles. The van der Waals surface area contributed by atoms with Gasteiger partial charge in [0, 0.05) is 30.2 Å². The first-order valence-electron chi connectivity index (χ1n) is 8.90. The molecule has 2 aromatic rings. The van der Waals surface area contributed by atoms with E-state index in [0.717, 1.165) is 10.5 Å². The maximum Gasteiger partial charge on any atom is 0.242 e. The Morgan fingerprint density at radius 3 is 2.27 bits per heavy atom. The third-order valence-corrected chi connectivity index (χ3v) is 5.06. The van der Waals surface area contributed by atoms with Crippen LogP contribution in [0, 0.1) is 0 Å². The van der Waals surface area contributed by atoms with Crippen LogP contribution in [0.2, 0.25) is 0 Å². The average Bonchev–Trinajstić information content (AvgIpc) is 2.67. The van der Waals surface area contributed by atoms with Crippen molar-refractivity contribution in [2.24, 2.45) is 0 Å². The standard InChI is InChI=1S/C21H26N2O2S/c1-3-22-21(25)17(2)23(16-18-10-6-4-7-11-18)20(24)14-15-26-19-12-8-5-9-13-19/h4-13,17H,3,14-16H2,1-2H3,(H,22,25)/t17-/m0/s1. The number of hydrogen-bond acceptors (Lipinski definition) is 3. The molecule has 0 saturated carbocycles. The van der Waals surface area contributed by atoms with Crippen molar-refractivity contribution in [1.82, 2.24) is 10.2 Å². The van der Waals surface area contributed by atoms with E-state index in [4.69, 9.17) is 0 Å². The first kappa shape index (κ1) is 20.0. The Labute approximate surface area is 160 Å². The molecule has 0 unspecified atom stereocenters. The second kappa shape index (κ2) is 10.7. The molecule has 0 spiro atoms. The van der Waals surface area contributed by atoms with Gasteiger partial charge in [0.25, 0.3) is 0 Å². The van der Waals surface area contributed by atoms with Crippen molar-refractivity contribution in [2.45, 2.75) is 37.8 Å². The van der Waals surface area contributed by atoms with E-state index < -0.39 is 6.04 Å². The molecule has 0 aliphatic rings. The summed E-state index contributed by atoms with van der Waals surface area (Å²) in [6, 6.07) is 19.3. The van der Waals surface area contributed by atoms with Gasteiger partial charge in [-0.05, 0) is 31.5 Å². The number of benzene rings is 2. The van der Waals surface area contributed by atoms with Crippen LogP contribution in [0.1, 0.15) is 25.8 Å². The summed E-state index contributed by atoms with van der Waals surface area (Å²) in [7, 11) is 0. The van der Waals surface area contributed by atoms with Crippen molar-refractivity contribution in [1.29, 1.82) is 0 Å². The van der Waals surface area contributed by atoms with Crippen LogP contribution in [0.3, 0.4) is 0 Å². The van der Waals surface area contributed by atoms with E-state index in [2.05, 4.69) is 5.32 Å². The number of carbonyl (C=O) groups excluding carboxylic acids is 2. The minimum absolute atomic E-state index is 0.00367. The predicted molar refractivity (Wildman–Crippen MR) is 107 cm³/mol. The van der Waals surface area contributed by atoms with Crippen LogP contribution in [0.25, 0.3) is 0 Å². The van der Waals surface area contributed by atoms with Crippen LogP contribution in [-0.4, -0.2) is 35.1 Å². The van der Waals surface area contributed by atoms with Gasteiger partial charge in [0.1, 0.15) is 6.04 Å². The van der Waals surface area contributed by atoms with E-state index >= 15 is 0 Å². The maximum atomic E-state index is 12.8. The van der Waals surface area contributed by atoms with Gasteiger partial charge in [0.2, 0.25) is 11.8 Å². The zero-order valence-corrected chi connectivity index (χ0v) is 16.2. The molecule has 0 radical (unpaired) electrons. The molecule has 0 aliphatic carbocycles. The molecule has 26 heavy (non-hydrogen) atoms. The van der Waals surface area contributed by atoms with Crippen molar-refractivity contribution in [3.05, 3.63) is 66.2 Å². The summed E-state index contributed by atoms with van der Waals surface area (Å²) in [6.45, 7) is 4.66. The van der Waals surface area contributed by atoms with E-state index in [0.29, 0.717) is 25.3 Å². The Kier molecular flexibility index (Phi) is 8.22. The minimum atomic E-state index is -0.496. The smallest absolute Gasteiger partial charge is 0.242 e. The van der Waals surface area contributed by atoms with E-state index in [9.17, 15) is 9.59 Å². The fourth-order valence-electron chi connectivity index (χ4n) is 2.60. The molecule has 1 atom stereocenters. The number of carbonyl (C=O) groups is 2. The molecule has 2 amide bonds. The molecular formula is C21H26N2O2S. The molecule has 0 fully saturated rings. The highest BCUT2D eigenvalue weighted by molar-refractivity contribution is 7.99. The van der Waals surface area contributed by atoms with Crippen LogP contribution in [-0.2, 0) is 16.1 Å². The van der Waals surface area contributed by atoms with E-state index in [1.54, 1.807) is 23.6 Å². The van der Waals surface area contributed by atoms with Gasteiger partial charge in [0.05, 0.1) is 0 Å². The lowest BCUT2D eigenvalue weighted by Gasteiger charge is -2.28. The molecule has 1 N–H and O–H groups in total. The topological polar surface area (TPSA) is 49.4 Å². The molecule has 0 aromatic heterocycles. The summed E-state index contributed by atoms with van der Waals surface area (Å²) in [5.41, 5.74) is 1.02. The van der Waals surface area contributed by atoms with Gasteiger partial charge in [-0.3, -0.25) is 9.59 Å².